The first-order valence-electron chi connectivity index (χ1n) is 25.2. The minimum absolute atomic E-state index is 0.112. The van der Waals surface area contributed by atoms with Gasteiger partial charge in [-0.15, -0.1) is 0 Å². The molecule has 1 saturated carbocycles. The number of piperidine rings is 1. The molecule has 0 radical (unpaired) electrons. The van der Waals surface area contributed by atoms with Crippen molar-refractivity contribution < 1.29 is 52.7 Å². The molecule has 8 aliphatic rings. The molecule has 12 atom stereocenters. The Morgan fingerprint density at radius 2 is 1.80 bits per heavy atom. The Labute approximate surface area is 410 Å². The van der Waals surface area contributed by atoms with Crippen molar-refractivity contribution >= 4 is 41.0 Å². The number of aromatic amines is 1. The molecular weight excluding hydrogens is 895 g/mol. The van der Waals surface area contributed by atoms with Crippen molar-refractivity contribution in [2.45, 2.75) is 126 Å². The lowest BCUT2D eigenvalue weighted by Gasteiger charge is -2.58. The second kappa shape index (κ2) is 16.8. The van der Waals surface area contributed by atoms with Crippen LogP contribution in [0.25, 0.3) is 17.0 Å². The number of benzene rings is 1. The van der Waals surface area contributed by atoms with Gasteiger partial charge in [0.1, 0.15) is 11.0 Å². The molecule has 378 valence electrons. The molecule has 3 unspecified atom stereocenters. The average Bonchev–Trinajstić information content (AvgIpc) is 3.57. The average molecular weight is 966 g/mol. The Kier molecular flexibility index (Phi) is 11.7. The van der Waals surface area contributed by atoms with Gasteiger partial charge in [0, 0.05) is 93.5 Å². The van der Waals surface area contributed by atoms with Gasteiger partial charge in [-0.2, -0.15) is 0 Å². The van der Waals surface area contributed by atoms with Gasteiger partial charge in [-0.25, -0.2) is 9.59 Å². The Balaban J connectivity index is 1.18. The Morgan fingerprint density at radius 3 is 2.49 bits per heavy atom. The number of likely N-dealkylation sites (N-methyl/N-ethyl adjacent to an activating group) is 1. The number of nitrogens with zero attached hydrogens (tertiary/aromatic N) is 3. The lowest BCUT2D eigenvalue weighted by atomic mass is 9.48. The number of alkyl carbamates (subject to hydrolysis) is 1. The third-order valence-corrected chi connectivity index (χ3v) is 17.6. The van der Waals surface area contributed by atoms with Crippen molar-refractivity contribution in [1.82, 2.24) is 25.0 Å². The number of fused-ring (bicyclic) bond motifs is 6. The van der Waals surface area contributed by atoms with E-state index in [9.17, 15) is 19.5 Å². The van der Waals surface area contributed by atoms with E-state index < -0.39 is 80.9 Å². The Morgan fingerprint density at radius 1 is 1.03 bits per heavy atom. The van der Waals surface area contributed by atoms with Gasteiger partial charge in [0.05, 0.1) is 31.3 Å². The van der Waals surface area contributed by atoms with E-state index in [0.29, 0.717) is 71.2 Å². The number of nitrogens with one attached hydrogen (secondary N) is 2. The number of epoxide rings is 1. The minimum Gasteiger partial charge on any atom is -0.468 e. The summed E-state index contributed by atoms with van der Waals surface area (Å²) in [5.74, 6) is -2.29. The molecule has 1 aromatic heterocycles. The summed E-state index contributed by atoms with van der Waals surface area (Å²) in [6.45, 7) is 14.5. The highest BCUT2D eigenvalue weighted by Gasteiger charge is 2.99. The first kappa shape index (κ1) is 48.6. The highest BCUT2D eigenvalue weighted by molar-refractivity contribution is 5.93. The highest BCUT2D eigenvalue weighted by atomic mass is 16.7. The number of H-pyrrole nitrogens is 1. The van der Waals surface area contributed by atoms with Crippen molar-refractivity contribution in [3.8, 4) is 0 Å². The number of amides is 1. The van der Waals surface area contributed by atoms with Crippen LogP contribution in [0.2, 0.25) is 0 Å². The van der Waals surface area contributed by atoms with Crippen LogP contribution in [0, 0.1) is 22.7 Å². The summed E-state index contributed by atoms with van der Waals surface area (Å²) in [6, 6.07) is 5.92. The summed E-state index contributed by atoms with van der Waals surface area (Å²) in [5.41, 5.74) is -2.32. The second-order valence-electron chi connectivity index (χ2n) is 22.2. The fourth-order valence-corrected chi connectivity index (χ4v) is 15.1. The largest absolute Gasteiger partial charge is 0.468 e. The number of methoxy groups -OCH3 is 3. The zero-order valence-electron chi connectivity index (χ0n) is 42.4. The molecule has 16 heteroatoms. The third-order valence-electron chi connectivity index (χ3n) is 17.6. The van der Waals surface area contributed by atoms with Crippen LogP contribution in [-0.2, 0) is 54.6 Å². The first-order chi connectivity index (χ1) is 33.3. The van der Waals surface area contributed by atoms with Gasteiger partial charge in [-0.3, -0.25) is 19.4 Å². The molecule has 2 bridgehead atoms. The summed E-state index contributed by atoms with van der Waals surface area (Å²) in [7, 11) is 6.43. The van der Waals surface area contributed by atoms with E-state index in [1.807, 2.05) is 59.0 Å². The summed E-state index contributed by atoms with van der Waals surface area (Å²) in [5, 5.41) is 16.0. The van der Waals surface area contributed by atoms with Crippen LogP contribution >= 0.6 is 0 Å². The van der Waals surface area contributed by atoms with Gasteiger partial charge < -0.3 is 48.7 Å². The number of allylic oxidation sites excluding steroid dienone is 1. The lowest BCUT2D eigenvalue weighted by molar-refractivity contribution is -0.182. The maximum absolute atomic E-state index is 15.7. The van der Waals surface area contributed by atoms with Gasteiger partial charge in [0.15, 0.2) is 11.8 Å². The number of aliphatic hydroxyl groups is 1. The maximum atomic E-state index is 15.7. The topological polar surface area (TPSA) is 185 Å². The fourth-order valence-electron chi connectivity index (χ4n) is 15.1. The van der Waals surface area contributed by atoms with Crippen molar-refractivity contribution in [2.24, 2.45) is 22.7 Å². The van der Waals surface area contributed by atoms with Gasteiger partial charge in [-0.1, -0.05) is 50.3 Å². The molecule has 5 fully saturated rings. The summed E-state index contributed by atoms with van der Waals surface area (Å²) < 4.78 is 37.3. The lowest BCUT2D eigenvalue weighted by Crippen LogP contribution is -2.73. The highest BCUT2D eigenvalue weighted by Crippen LogP contribution is 2.82. The standard InChI is InChI=1S/C54H71N5O11/c1-11-49(64)28-34-29-51(45(61)66-9,42-35(18-23-58(30-34)31-49)36-25-33(16-17-39(36)56-42)15-13-21-55-47(63)69-48(4,5)6)38-26-37-40(27-41(38)65-8)57(7)54-52(37)20-24-59-22-14-19-50(12-2,43(52)59)44(68-32(3)60)53(54,70-54)46(62)67-10/h13-17,19,25-27,34,38,41,43-44,56,64H,11-12,18,20-24,28-31H2,1-10H3,(H,55,63)/b15-13+/t34-,38?,41?,43+,44-,49+,50-,51+,52-,53+,54+/m1/s1. The molecule has 4 saturated heterocycles. The van der Waals surface area contributed by atoms with Crippen LogP contribution < -0.4 is 5.32 Å². The van der Waals surface area contributed by atoms with Crippen molar-refractivity contribution in [2.75, 3.05) is 67.6 Å². The van der Waals surface area contributed by atoms with Crippen LogP contribution in [0.4, 0.5) is 4.79 Å². The van der Waals surface area contributed by atoms with Crippen molar-refractivity contribution in [3.63, 3.8) is 0 Å². The van der Waals surface area contributed by atoms with Crippen LogP contribution in [0.1, 0.15) is 90.5 Å². The second-order valence-corrected chi connectivity index (χ2v) is 22.2. The molecule has 1 amide bonds. The van der Waals surface area contributed by atoms with Crippen LogP contribution in [0.15, 0.2) is 59.8 Å². The molecule has 3 N–H and O–H groups in total. The number of carbonyl (C=O) groups excluding carboxylic acids is 4. The molecule has 70 heavy (non-hydrogen) atoms. The quantitative estimate of drug-likeness (QED) is 0.117. The summed E-state index contributed by atoms with van der Waals surface area (Å²) in [6.07, 6.45) is 13.5. The number of likely N-dealkylation sites (tertiary alicyclic amines) is 1. The maximum Gasteiger partial charge on any atom is 0.407 e. The van der Waals surface area contributed by atoms with Crippen LogP contribution in [-0.4, -0.2) is 157 Å². The van der Waals surface area contributed by atoms with Gasteiger partial charge >= 0.3 is 24.0 Å². The number of aromatic nitrogens is 1. The van der Waals surface area contributed by atoms with E-state index >= 15 is 4.79 Å². The first-order valence-corrected chi connectivity index (χ1v) is 25.2. The monoisotopic (exact) mass is 966 g/mol. The van der Waals surface area contributed by atoms with Crippen molar-refractivity contribution in [3.05, 3.63) is 76.7 Å². The fraction of sp³-hybridized carbons (Fsp3) is 0.630. The number of hydrogen-bond acceptors (Lipinski definition) is 14. The van der Waals surface area contributed by atoms with E-state index in [2.05, 4.69) is 62.3 Å². The summed E-state index contributed by atoms with van der Waals surface area (Å²) in [4.78, 5) is 66.8. The molecule has 6 aliphatic heterocycles. The predicted octanol–water partition coefficient (Wildman–Crippen LogP) is 5.54. The minimum atomic E-state index is -1.68. The van der Waals surface area contributed by atoms with Crippen LogP contribution in [0.5, 0.6) is 0 Å². The van der Waals surface area contributed by atoms with Crippen molar-refractivity contribution in [1.29, 1.82) is 0 Å². The normalized spacial score (nSPS) is 38.1. The molecule has 2 aliphatic carbocycles. The van der Waals surface area contributed by atoms with E-state index in [-0.39, 0.29) is 18.5 Å². The number of esters is 3. The van der Waals surface area contributed by atoms with E-state index in [0.717, 1.165) is 39.0 Å². The van der Waals surface area contributed by atoms with Gasteiger partial charge in [-0.05, 0) is 107 Å². The molecule has 10 rings (SSSR count). The number of hydrogen-bond donors (Lipinski definition) is 3. The molecular formula is C54H71N5O11. The number of ether oxygens (including phenoxy) is 6. The zero-order chi connectivity index (χ0) is 50.0. The molecule has 2 spiro atoms. The third kappa shape index (κ3) is 6.64. The SMILES string of the molecule is CC[C@]1(O)C[C@H]2CN(CCc3c([nH]c4ccc(/C=C/CNC(=O)OC(C)(C)C)cc34)[C@@](C(=O)OC)(C3C=C4C(=CC3OC)N(C)[C@@]35O[C@]3(C(=O)OC)[C@H](OC(C)=O)[C@]3(CC)C=CCN6CC[C@]45[C@@H]63)C2)C1. The Bertz CT molecular complexity index is 2630. The molecule has 1 aromatic carbocycles. The predicted molar refractivity (Wildman–Crippen MR) is 260 cm³/mol. The van der Waals surface area contributed by atoms with E-state index in [4.69, 9.17) is 28.4 Å². The van der Waals surface area contributed by atoms with Gasteiger partial charge in [0.25, 0.3) is 5.60 Å². The smallest absolute Gasteiger partial charge is 0.407 e. The zero-order valence-corrected chi connectivity index (χ0v) is 42.4. The number of rotatable bonds is 10. The summed E-state index contributed by atoms with van der Waals surface area (Å²) >= 11 is 0. The van der Waals surface area contributed by atoms with E-state index in [1.165, 1.54) is 21.1 Å². The van der Waals surface area contributed by atoms with E-state index in [1.54, 1.807) is 7.11 Å². The Hall–Kier alpha value is -5.00. The van der Waals surface area contributed by atoms with Crippen LogP contribution in [0.3, 0.4) is 0 Å². The number of carbonyl (C=O) groups is 4. The molecule has 16 nitrogen and oxygen atoms in total. The van der Waals surface area contributed by atoms with Gasteiger partial charge in [0.2, 0.25) is 0 Å². The molecule has 7 heterocycles. The molecule has 2 aromatic rings.